The van der Waals surface area contributed by atoms with Crippen molar-refractivity contribution in [3.05, 3.63) is 28.6 Å². The lowest BCUT2D eigenvalue weighted by Gasteiger charge is -2.17. The second-order valence-corrected chi connectivity index (χ2v) is 6.11. The average Bonchev–Trinajstić information content (AvgIpc) is 2.86. The molecule has 0 saturated carbocycles. The molecule has 1 rings (SSSR count). The molecule has 0 unspecified atom stereocenters. The number of ether oxygens (including phenoxy) is 2. The number of aryl methyl sites for hydroxylation is 1. The lowest BCUT2D eigenvalue weighted by Crippen LogP contribution is -2.35. The molecule has 1 aromatic rings. The van der Waals surface area contributed by atoms with Crippen LogP contribution >= 0.6 is 0 Å². The predicted molar refractivity (Wildman–Crippen MR) is 98.3 cm³/mol. The molecule has 7 heteroatoms. The van der Waals surface area contributed by atoms with E-state index in [2.05, 4.69) is 9.88 Å². The molecule has 1 N–H and O–H groups in total. The van der Waals surface area contributed by atoms with Crippen LogP contribution in [0.25, 0.3) is 6.08 Å². The molecule has 1 aromatic heterocycles. The molecular formula is C19H27N3O4. The monoisotopic (exact) mass is 361 g/mol. The SMILES string of the molecule is CCNC(=O)[C@@H](C)OC(=O)/C(C#N)=C/c1cc(C)n([C@H](C)COC)c1C. The van der Waals surface area contributed by atoms with Crippen molar-refractivity contribution in [1.82, 2.24) is 9.88 Å². The highest BCUT2D eigenvalue weighted by molar-refractivity contribution is 5.99. The number of nitrogens with one attached hydrogen (secondary N) is 1. The third-order valence-corrected chi connectivity index (χ3v) is 4.02. The first-order valence-electron chi connectivity index (χ1n) is 8.54. The summed E-state index contributed by atoms with van der Waals surface area (Å²) in [7, 11) is 1.64. The fourth-order valence-corrected chi connectivity index (χ4v) is 2.83. The second-order valence-electron chi connectivity index (χ2n) is 6.11. The number of nitriles is 1. The Balaban J connectivity index is 3.06. The normalized spacial score (nSPS) is 13.7. The summed E-state index contributed by atoms with van der Waals surface area (Å²) in [6.07, 6.45) is 0.527. The largest absolute Gasteiger partial charge is 0.448 e. The molecular weight excluding hydrogens is 334 g/mol. The number of amides is 1. The van der Waals surface area contributed by atoms with Gasteiger partial charge in [-0.25, -0.2) is 4.79 Å². The Morgan fingerprint density at radius 3 is 2.58 bits per heavy atom. The number of carbonyl (C=O) groups excluding carboxylic acids is 2. The van der Waals surface area contributed by atoms with E-state index in [1.807, 2.05) is 32.9 Å². The highest BCUT2D eigenvalue weighted by Gasteiger charge is 2.21. The van der Waals surface area contributed by atoms with Gasteiger partial charge in [-0.2, -0.15) is 5.26 Å². The van der Waals surface area contributed by atoms with Crippen molar-refractivity contribution in [2.45, 2.75) is 46.8 Å². The number of carbonyl (C=O) groups is 2. The molecule has 0 aromatic carbocycles. The molecule has 0 fully saturated rings. The van der Waals surface area contributed by atoms with Gasteiger partial charge >= 0.3 is 5.97 Å². The summed E-state index contributed by atoms with van der Waals surface area (Å²) < 4.78 is 12.4. The molecule has 0 radical (unpaired) electrons. The molecule has 1 heterocycles. The molecule has 0 aliphatic carbocycles. The zero-order chi connectivity index (χ0) is 19.9. The molecule has 0 saturated heterocycles. The third kappa shape index (κ3) is 5.20. The van der Waals surface area contributed by atoms with E-state index in [-0.39, 0.29) is 11.6 Å². The van der Waals surface area contributed by atoms with E-state index >= 15 is 0 Å². The van der Waals surface area contributed by atoms with Crippen molar-refractivity contribution in [3.63, 3.8) is 0 Å². The van der Waals surface area contributed by atoms with Crippen LogP contribution in [0.5, 0.6) is 0 Å². The standard InChI is InChI=1S/C19H27N3O4/c1-7-21-18(23)15(5)26-19(24)17(10-20)9-16-8-12(2)22(14(16)4)13(3)11-25-6/h8-9,13,15H,7,11H2,1-6H3,(H,21,23)/b17-9+/t13-,15-/m1/s1. The van der Waals surface area contributed by atoms with Crippen molar-refractivity contribution in [1.29, 1.82) is 5.26 Å². The minimum atomic E-state index is -0.964. The van der Waals surface area contributed by atoms with Crippen LogP contribution in [0.15, 0.2) is 11.6 Å². The molecule has 7 nitrogen and oxygen atoms in total. The smallest absolute Gasteiger partial charge is 0.349 e. The Morgan fingerprint density at radius 2 is 2.04 bits per heavy atom. The summed E-state index contributed by atoms with van der Waals surface area (Å²) in [6, 6.07) is 3.88. The van der Waals surface area contributed by atoms with E-state index < -0.39 is 18.0 Å². The summed E-state index contributed by atoms with van der Waals surface area (Å²) in [6.45, 7) is 10.1. The zero-order valence-electron chi connectivity index (χ0n) is 16.3. The molecule has 0 bridgehead atoms. The number of likely N-dealkylation sites (N-methyl/N-ethyl adjacent to an activating group) is 1. The summed E-state index contributed by atoms with van der Waals surface area (Å²) in [5.41, 5.74) is 2.52. The second kappa shape index (κ2) is 9.78. The van der Waals surface area contributed by atoms with E-state index in [0.717, 1.165) is 17.0 Å². The van der Waals surface area contributed by atoms with Gasteiger partial charge in [0.2, 0.25) is 0 Å². The van der Waals surface area contributed by atoms with Crippen LogP contribution in [0.4, 0.5) is 0 Å². The van der Waals surface area contributed by atoms with Gasteiger partial charge in [0.1, 0.15) is 11.6 Å². The van der Waals surface area contributed by atoms with Gasteiger partial charge in [-0.1, -0.05) is 0 Å². The zero-order valence-corrected chi connectivity index (χ0v) is 16.3. The third-order valence-electron chi connectivity index (χ3n) is 4.02. The number of hydrogen-bond acceptors (Lipinski definition) is 5. The van der Waals surface area contributed by atoms with Gasteiger partial charge in [0.15, 0.2) is 6.10 Å². The Kier molecular flexibility index (Phi) is 8.07. The topological polar surface area (TPSA) is 93.4 Å². The molecule has 0 aliphatic heterocycles. The van der Waals surface area contributed by atoms with Gasteiger partial charge in [0, 0.05) is 25.0 Å². The fourth-order valence-electron chi connectivity index (χ4n) is 2.83. The Morgan fingerprint density at radius 1 is 1.38 bits per heavy atom. The summed E-state index contributed by atoms with van der Waals surface area (Å²) in [5.74, 6) is -1.22. The maximum Gasteiger partial charge on any atom is 0.349 e. The number of aromatic nitrogens is 1. The molecule has 0 spiro atoms. The number of rotatable bonds is 8. The lowest BCUT2D eigenvalue weighted by molar-refractivity contribution is -0.150. The van der Waals surface area contributed by atoms with Crippen LogP contribution in [0, 0.1) is 25.2 Å². The average molecular weight is 361 g/mol. The van der Waals surface area contributed by atoms with Gasteiger partial charge in [-0.15, -0.1) is 0 Å². The van der Waals surface area contributed by atoms with E-state index in [0.29, 0.717) is 13.2 Å². The first-order chi connectivity index (χ1) is 12.3. The van der Waals surface area contributed by atoms with Gasteiger partial charge in [-0.3, -0.25) is 4.79 Å². The first kappa shape index (κ1) is 21.5. The van der Waals surface area contributed by atoms with Gasteiger partial charge in [0.05, 0.1) is 12.6 Å². The number of hydrogen-bond donors (Lipinski definition) is 1. The van der Waals surface area contributed by atoms with Crippen LogP contribution in [-0.2, 0) is 19.1 Å². The minimum absolute atomic E-state index is 0.123. The molecule has 0 aliphatic rings. The van der Waals surface area contributed by atoms with E-state index in [1.165, 1.54) is 13.0 Å². The number of methoxy groups -OCH3 is 1. The molecule has 1 amide bonds. The van der Waals surface area contributed by atoms with E-state index in [4.69, 9.17) is 9.47 Å². The quantitative estimate of drug-likeness (QED) is 0.436. The molecule has 2 atom stereocenters. The number of esters is 1. The minimum Gasteiger partial charge on any atom is -0.448 e. The maximum absolute atomic E-state index is 12.2. The molecule has 142 valence electrons. The fraction of sp³-hybridized carbons (Fsp3) is 0.526. The summed E-state index contributed by atoms with van der Waals surface area (Å²) >= 11 is 0. The summed E-state index contributed by atoms with van der Waals surface area (Å²) in [4.78, 5) is 23.9. The van der Waals surface area contributed by atoms with Crippen LogP contribution in [0.2, 0.25) is 0 Å². The van der Waals surface area contributed by atoms with Crippen LogP contribution in [-0.4, -0.2) is 42.8 Å². The van der Waals surface area contributed by atoms with Crippen molar-refractivity contribution in [2.24, 2.45) is 0 Å². The maximum atomic E-state index is 12.2. The van der Waals surface area contributed by atoms with E-state index in [1.54, 1.807) is 14.0 Å². The van der Waals surface area contributed by atoms with Crippen molar-refractivity contribution >= 4 is 18.0 Å². The Labute approximate surface area is 154 Å². The highest BCUT2D eigenvalue weighted by Crippen LogP contribution is 2.23. The van der Waals surface area contributed by atoms with Gasteiger partial charge in [-0.05, 0) is 52.3 Å². The highest BCUT2D eigenvalue weighted by atomic mass is 16.5. The summed E-state index contributed by atoms with van der Waals surface area (Å²) in [5, 5.41) is 11.9. The van der Waals surface area contributed by atoms with Crippen molar-refractivity contribution in [2.75, 3.05) is 20.3 Å². The molecule has 26 heavy (non-hydrogen) atoms. The van der Waals surface area contributed by atoms with E-state index in [9.17, 15) is 14.9 Å². The van der Waals surface area contributed by atoms with Crippen LogP contribution in [0.3, 0.4) is 0 Å². The Hall–Kier alpha value is -2.59. The lowest BCUT2D eigenvalue weighted by atomic mass is 10.1. The number of nitrogens with zero attached hydrogens (tertiary/aromatic N) is 2. The van der Waals surface area contributed by atoms with Gasteiger partial charge < -0.3 is 19.4 Å². The van der Waals surface area contributed by atoms with Crippen molar-refractivity contribution < 1.29 is 19.1 Å². The predicted octanol–water partition coefficient (Wildman–Crippen LogP) is 2.29. The Bertz CT molecular complexity index is 728. The van der Waals surface area contributed by atoms with Gasteiger partial charge in [0.25, 0.3) is 5.91 Å². The first-order valence-corrected chi connectivity index (χ1v) is 8.54. The van der Waals surface area contributed by atoms with Crippen LogP contribution < -0.4 is 5.32 Å². The van der Waals surface area contributed by atoms with Crippen molar-refractivity contribution in [3.8, 4) is 6.07 Å². The van der Waals surface area contributed by atoms with Crippen LogP contribution in [0.1, 0.15) is 43.8 Å².